The van der Waals surface area contributed by atoms with Crippen molar-refractivity contribution in [3.8, 4) is 0 Å². The van der Waals surface area contributed by atoms with Crippen LogP contribution in [0, 0.1) is 23.2 Å². The number of rotatable bonds is 1. The number of nitrogens with zero attached hydrogens (tertiary/aromatic N) is 1. The van der Waals surface area contributed by atoms with E-state index in [9.17, 15) is 4.79 Å². The van der Waals surface area contributed by atoms with Gasteiger partial charge in [-0.05, 0) is 76.0 Å². The Balaban J connectivity index is 1.56. The SMILES string of the molecule is CC1CC(N)CCN1C(=O)C12CC3CC(CC(C3)C1)C2. The average Bonchev–Trinajstić information content (AvgIpc) is 2.36. The lowest BCUT2D eigenvalue weighted by atomic mass is 9.49. The molecule has 1 saturated heterocycles. The van der Waals surface area contributed by atoms with Gasteiger partial charge in [-0.3, -0.25) is 4.79 Å². The highest BCUT2D eigenvalue weighted by molar-refractivity contribution is 5.83. The third kappa shape index (κ3) is 1.93. The van der Waals surface area contributed by atoms with Crippen LogP contribution < -0.4 is 5.73 Å². The number of hydrogen-bond donors (Lipinski definition) is 1. The summed E-state index contributed by atoms with van der Waals surface area (Å²) in [5.41, 5.74) is 6.09. The molecule has 3 heteroatoms. The molecular formula is C17H28N2O. The van der Waals surface area contributed by atoms with Gasteiger partial charge in [0.05, 0.1) is 5.41 Å². The number of carbonyl (C=O) groups is 1. The Morgan fingerprint density at radius 2 is 1.60 bits per heavy atom. The van der Waals surface area contributed by atoms with E-state index in [0.717, 1.165) is 37.1 Å². The fourth-order valence-corrected chi connectivity index (χ4v) is 6.19. The molecule has 2 N–H and O–H groups in total. The Bertz CT molecular complexity index is 384. The molecule has 5 rings (SSSR count). The Hall–Kier alpha value is -0.570. The summed E-state index contributed by atoms with van der Waals surface area (Å²) in [5, 5.41) is 0. The fourth-order valence-electron chi connectivity index (χ4n) is 6.19. The molecule has 1 amide bonds. The van der Waals surface area contributed by atoms with Gasteiger partial charge in [-0.2, -0.15) is 0 Å². The molecule has 4 bridgehead atoms. The summed E-state index contributed by atoms with van der Waals surface area (Å²) in [6.07, 6.45) is 9.76. The number of piperidine rings is 1. The quantitative estimate of drug-likeness (QED) is 0.800. The molecule has 0 radical (unpaired) electrons. The Kier molecular flexibility index (Phi) is 2.93. The zero-order chi connectivity index (χ0) is 13.9. The molecule has 5 aliphatic rings. The van der Waals surface area contributed by atoms with Crippen LogP contribution in [0.1, 0.15) is 58.3 Å². The van der Waals surface area contributed by atoms with Crippen molar-refractivity contribution < 1.29 is 4.79 Å². The summed E-state index contributed by atoms with van der Waals surface area (Å²) in [5.74, 6) is 3.06. The van der Waals surface area contributed by atoms with E-state index in [4.69, 9.17) is 5.73 Å². The zero-order valence-electron chi connectivity index (χ0n) is 12.7. The summed E-state index contributed by atoms with van der Waals surface area (Å²) >= 11 is 0. The first kappa shape index (κ1) is 13.1. The van der Waals surface area contributed by atoms with Gasteiger partial charge in [0, 0.05) is 18.6 Å². The highest BCUT2D eigenvalue weighted by Crippen LogP contribution is 2.60. The third-order valence-corrected chi connectivity index (χ3v) is 6.67. The standard InChI is InChI=1S/C17H28N2O/c1-11-4-15(18)2-3-19(11)16(20)17-8-12-5-13(9-17)7-14(6-12)10-17/h11-15H,2-10,18H2,1H3. The molecule has 3 nitrogen and oxygen atoms in total. The third-order valence-electron chi connectivity index (χ3n) is 6.67. The maximum absolute atomic E-state index is 13.3. The van der Waals surface area contributed by atoms with Gasteiger partial charge in [0.15, 0.2) is 0 Å². The number of amides is 1. The highest BCUT2D eigenvalue weighted by Gasteiger charge is 2.56. The predicted octanol–water partition coefficient (Wildman–Crippen LogP) is 2.54. The highest BCUT2D eigenvalue weighted by atomic mass is 16.2. The number of hydrogen-bond acceptors (Lipinski definition) is 2. The first-order valence-corrected chi connectivity index (χ1v) is 8.62. The van der Waals surface area contributed by atoms with Crippen molar-refractivity contribution in [3.63, 3.8) is 0 Å². The van der Waals surface area contributed by atoms with Crippen molar-refractivity contribution in [2.75, 3.05) is 6.54 Å². The van der Waals surface area contributed by atoms with Gasteiger partial charge in [0.2, 0.25) is 5.91 Å². The monoisotopic (exact) mass is 276 g/mol. The maximum atomic E-state index is 13.3. The van der Waals surface area contributed by atoms with Crippen molar-refractivity contribution in [2.24, 2.45) is 28.9 Å². The lowest BCUT2D eigenvalue weighted by Gasteiger charge is -2.57. The van der Waals surface area contributed by atoms with E-state index < -0.39 is 0 Å². The summed E-state index contributed by atoms with van der Waals surface area (Å²) in [6.45, 7) is 3.08. The van der Waals surface area contributed by atoms with Gasteiger partial charge in [-0.15, -0.1) is 0 Å². The molecule has 1 heterocycles. The molecule has 2 unspecified atom stereocenters. The largest absolute Gasteiger partial charge is 0.339 e. The van der Waals surface area contributed by atoms with Gasteiger partial charge in [0.1, 0.15) is 0 Å². The zero-order valence-corrected chi connectivity index (χ0v) is 12.7. The summed E-state index contributed by atoms with van der Waals surface area (Å²) in [6, 6.07) is 0.643. The molecule has 0 aromatic carbocycles. The van der Waals surface area contributed by atoms with E-state index >= 15 is 0 Å². The minimum atomic E-state index is 0.0322. The lowest BCUT2D eigenvalue weighted by Crippen LogP contribution is -2.58. The van der Waals surface area contributed by atoms with Gasteiger partial charge < -0.3 is 10.6 Å². The molecule has 2 atom stereocenters. The smallest absolute Gasteiger partial charge is 0.229 e. The minimum Gasteiger partial charge on any atom is -0.339 e. The number of likely N-dealkylation sites (tertiary alicyclic amines) is 1. The molecule has 0 spiro atoms. The summed E-state index contributed by atoms with van der Waals surface area (Å²) in [4.78, 5) is 15.4. The second-order valence-electron chi connectivity index (χ2n) is 8.33. The second kappa shape index (κ2) is 4.46. The van der Waals surface area contributed by atoms with Crippen LogP contribution in [0.3, 0.4) is 0 Å². The van der Waals surface area contributed by atoms with Crippen molar-refractivity contribution in [1.82, 2.24) is 4.90 Å². The van der Waals surface area contributed by atoms with Gasteiger partial charge >= 0.3 is 0 Å². The van der Waals surface area contributed by atoms with Crippen molar-refractivity contribution in [2.45, 2.75) is 70.4 Å². The van der Waals surface area contributed by atoms with Gasteiger partial charge in [-0.1, -0.05) is 0 Å². The van der Waals surface area contributed by atoms with Crippen molar-refractivity contribution in [1.29, 1.82) is 0 Å². The normalized spacial score (nSPS) is 50.5. The van der Waals surface area contributed by atoms with E-state index in [1.807, 2.05) is 0 Å². The lowest BCUT2D eigenvalue weighted by molar-refractivity contribution is -0.161. The number of carbonyl (C=O) groups excluding carboxylic acids is 1. The van der Waals surface area contributed by atoms with Crippen molar-refractivity contribution in [3.05, 3.63) is 0 Å². The van der Waals surface area contributed by atoms with Crippen LogP contribution in [0.4, 0.5) is 0 Å². The van der Waals surface area contributed by atoms with Crippen LogP contribution in [-0.4, -0.2) is 29.4 Å². The fraction of sp³-hybridized carbons (Fsp3) is 0.941. The van der Waals surface area contributed by atoms with E-state index in [2.05, 4.69) is 11.8 Å². The van der Waals surface area contributed by atoms with Crippen LogP contribution in [0.5, 0.6) is 0 Å². The molecule has 4 saturated carbocycles. The molecule has 0 aromatic rings. The van der Waals surface area contributed by atoms with E-state index in [1.165, 1.54) is 38.5 Å². The molecule has 0 aromatic heterocycles. The summed E-state index contributed by atoms with van der Waals surface area (Å²) < 4.78 is 0. The van der Waals surface area contributed by atoms with Crippen LogP contribution in [0.25, 0.3) is 0 Å². The second-order valence-corrected chi connectivity index (χ2v) is 8.33. The molecule has 20 heavy (non-hydrogen) atoms. The topological polar surface area (TPSA) is 46.3 Å². The van der Waals surface area contributed by atoms with Crippen LogP contribution in [0.15, 0.2) is 0 Å². The molecule has 1 aliphatic heterocycles. The van der Waals surface area contributed by atoms with Crippen molar-refractivity contribution >= 4 is 5.91 Å². The molecule has 112 valence electrons. The maximum Gasteiger partial charge on any atom is 0.229 e. The first-order valence-electron chi connectivity index (χ1n) is 8.62. The molecule has 5 fully saturated rings. The van der Waals surface area contributed by atoms with E-state index in [-0.39, 0.29) is 5.41 Å². The first-order chi connectivity index (χ1) is 9.56. The Labute approximate surface area is 122 Å². The van der Waals surface area contributed by atoms with Gasteiger partial charge in [0.25, 0.3) is 0 Å². The van der Waals surface area contributed by atoms with Crippen LogP contribution in [0.2, 0.25) is 0 Å². The molecule has 4 aliphatic carbocycles. The number of nitrogens with two attached hydrogens (primary N) is 1. The average molecular weight is 276 g/mol. The van der Waals surface area contributed by atoms with E-state index in [1.54, 1.807) is 0 Å². The Morgan fingerprint density at radius 1 is 1.05 bits per heavy atom. The predicted molar refractivity (Wildman–Crippen MR) is 79.0 cm³/mol. The van der Waals surface area contributed by atoms with Crippen LogP contribution in [-0.2, 0) is 4.79 Å². The van der Waals surface area contributed by atoms with Crippen LogP contribution >= 0.6 is 0 Å². The molecular weight excluding hydrogens is 248 g/mol. The Morgan fingerprint density at radius 3 is 2.10 bits per heavy atom. The van der Waals surface area contributed by atoms with Gasteiger partial charge in [-0.25, -0.2) is 0 Å². The summed E-state index contributed by atoms with van der Waals surface area (Å²) in [7, 11) is 0. The minimum absolute atomic E-state index is 0.0322. The van der Waals surface area contributed by atoms with E-state index in [0.29, 0.717) is 18.0 Å².